The molecule has 0 saturated heterocycles. The number of hydrogen-bond donors (Lipinski definition) is 1. The number of aromatic nitrogens is 2. The lowest BCUT2D eigenvalue weighted by molar-refractivity contribution is 0.0108. The highest BCUT2D eigenvalue weighted by Gasteiger charge is 2.46. The Hall–Kier alpha value is -2.23. The van der Waals surface area contributed by atoms with Gasteiger partial charge in [-0.15, -0.1) is 0 Å². The van der Waals surface area contributed by atoms with Crippen LogP contribution in [0.1, 0.15) is 76.8 Å². The average Bonchev–Trinajstić information content (AvgIpc) is 3.06. The molecule has 1 aliphatic carbocycles. The molecule has 0 bridgehead atoms. The van der Waals surface area contributed by atoms with Gasteiger partial charge in [0.15, 0.2) is 0 Å². The van der Waals surface area contributed by atoms with Gasteiger partial charge in [0, 0.05) is 36.2 Å². The molecule has 1 aliphatic heterocycles. The minimum absolute atomic E-state index is 0.194. The molecule has 0 spiro atoms. The van der Waals surface area contributed by atoms with Crippen molar-refractivity contribution in [2.24, 2.45) is 13.0 Å². The zero-order valence-electron chi connectivity index (χ0n) is 18.5. The molecular formula is C25H34N2O2. The maximum atomic E-state index is 11.6. The third-order valence-corrected chi connectivity index (χ3v) is 6.86. The van der Waals surface area contributed by atoms with Crippen LogP contribution in [0, 0.1) is 5.92 Å². The van der Waals surface area contributed by atoms with Crippen LogP contribution in [0.25, 0.3) is 11.3 Å². The summed E-state index contributed by atoms with van der Waals surface area (Å²) in [5.74, 6) is 1.81. The Morgan fingerprint density at radius 1 is 1.31 bits per heavy atom. The molecule has 4 rings (SSSR count). The number of phenolic OH excluding ortho intramolecular Hbond substituents is 1. The molecule has 2 unspecified atom stereocenters. The van der Waals surface area contributed by atoms with Crippen molar-refractivity contribution in [3.05, 3.63) is 41.1 Å². The molecule has 1 N–H and O–H groups in total. The number of aryl methyl sites for hydroxylation is 2. The fourth-order valence-electron chi connectivity index (χ4n) is 5.28. The Bertz CT molecular complexity index is 939. The molecule has 29 heavy (non-hydrogen) atoms. The van der Waals surface area contributed by atoms with Crippen molar-refractivity contribution in [1.29, 1.82) is 0 Å². The van der Waals surface area contributed by atoms with E-state index >= 15 is 0 Å². The SMILES string of the molecule is CCCCCc1cc2c(c(O)c1-c1ccnn1C)C1C=C(C)CCC1C(C)(C)O2. The Labute approximate surface area is 174 Å². The molecule has 4 heteroatoms. The monoisotopic (exact) mass is 394 g/mol. The summed E-state index contributed by atoms with van der Waals surface area (Å²) < 4.78 is 8.40. The quantitative estimate of drug-likeness (QED) is 0.490. The van der Waals surface area contributed by atoms with E-state index in [-0.39, 0.29) is 11.5 Å². The van der Waals surface area contributed by atoms with Gasteiger partial charge in [0.05, 0.1) is 5.69 Å². The third-order valence-electron chi connectivity index (χ3n) is 6.86. The molecule has 2 aromatic rings. The first-order valence-electron chi connectivity index (χ1n) is 11.1. The molecule has 2 heterocycles. The predicted octanol–water partition coefficient (Wildman–Crippen LogP) is 6.14. The molecule has 0 fully saturated rings. The average molecular weight is 395 g/mol. The van der Waals surface area contributed by atoms with E-state index in [9.17, 15) is 5.11 Å². The van der Waals surface area contributed by atoms with Gasteiger partial charge in [-0.2, -0.15) is 5.10 Å². The topological polar surface area (TPSA) is 47.3 Å². The lowest BCUT2D eigenvalue weighted by atomic mass is 9.67. The van der Waals surface area contributed by atoms with E-state index in [2.05, 4.69) is 44.9 Å². The third kappa shape index (κ3) is 3.47. The second-order valence-electron chi connectivity index (χ2n) is 9.36. The summed E-state index contributed by atoms with van der Waals surface area (Å²) in [5.41, 5.74) is 5.18. The number of aromatic hydroxyl groups is 1. The Morgan fingerprint density at radius 2 is 2.10 bits per heavy atom. The van der Waals surface area contributed by atoms with Crippen LogP contribution < -0.4 is 4.74 Å². The van der Waals surface area contributed by atoms with Gasteiger partial charge >= 0.3 is 0 Å². The van der Waals surface area contributed by atoms with Crippen LogP contribution in [0.3, 0.4) is 0 Å². The van der Waals surface area contributed by atoms with Crippen molar-refractivity contribution in [1.82, 2.24) is 9.78 Å². The number of ether oxygens (including phenoxy) is 1. The number of rotatable bonds is 5. The van der Waals surface area contributed by atoms with Crippen molar-refractivity contribution in [3.63, 3.8) is 0 Å². The Morgan fingerprint density at radius 3 is 2.79 bits per heavy atom. The zero-order chi connectivity index (χ0) is 20.8. The maximum absolute atomic E-state index is 11.6. The summed E-state index contributed by atoms with van der Waals surface area (Å²) in [6.07, 6.45) is 10.8. The lowest BCUT2D eigenvalue weighted by Crippen LogP contribution is -2.45. The van der Waals surface area contributed by atoms with E-state index in [0.29, 0.717) is 11.7 Å². The van der Waals surface area contributed by atoms with Gasteiger partial charge in [0.2, 0.25) is 0 Å². The highest BCUT2D eigenvalue weighted by atomic mass is 16.5. The van der Waals surface area contributed by atoms with Gasteiger partial charge in [-0.1, -0.05) is 31.4 Å². The molecule has 0 radical (unpaired) electrons. The van der Waals surface area contributed by atoms with E-state index in [1.54, 1.807) is 6.20 Å². The van der Waals surface area contributed by atoms with Crippen LogP contribution in [0.2, 0.25) is 0 Å². The lowest BCUT2D eigenvalue weighted by Gasteiger charge is -2.46. The summed E-state index contributed by atoms with van der Waals surface area (Å²) in [6, 6.07) is 4.20. The fraction of sp³-hybridized carbons (Fsp3) is 0.560. The number of phenols is 1. The van der Waals surface area contributed by atoms with E-state index in [1.165, 1.54) is 18.4 Å². The first-order valence-corrected chi connectivity index (χ1v) is 11.1. The molecular weight excluding hydrogens is 360 g/mol. The molecule has 1 aromatic carbocycles. The van der Waals surface area contributed by atoms with Crippen molar-refractivity contribution in [2.45, 2.75) is 77.7 Å². The van der Waals surface area contributed by atoms with Crippen LogP contribution in [-0.2, 0) is 13.5 Å². The van der Waals surface area contributed by atoms with Crippen molar-refractivity contribution < 1.29 is 9.84 Å². The van der Waals surface area contributed by atoms with Gasteiger partial charge in [-0.05, 0) is 64.2 Å². The van der Waals surface area contributed by atoms with Crippen molar-refractivity contribution >= 4 is 0 Å². The largest absolute Gasteiger partial charge is 0.507 e. The van der Waals surface area contributed by atoms with E-state index < -0.39 is 0 Å². The van der Waals surface area contributed by atoms with Crippen LogP contribution in [-0.4, -0.2) is 20.5 Å². The van der Waals surface area contributed by atoms with Crippen molar-refractivity contribution in [2.75, 3.05) is 0 Å². The second kappa shape index (κ2) is 7.55. The minimum Gasteiger partial charge on any atom is -0.507 e. The molecule has 1 aromatic heterocycles. The molecule has 2 aliphatic rings. The number of nitrogens with zero attached hydrogens (tertiary/aromatic N) is 2. The summed E-state index contributed by atoms with van der Waals surface area (Å²) in [4.78, 5) is 0. The number of hydrogen-bond acceptors (Lipinski definition) is 3. The Kier molecular flexibility index (Phi) is 5.22. The Balaban J connectivity index is 1.92. The highest BCUT2D eigenvalue weighted by Crippen LogP contribution is 2.55. The normalized spacial score (nSPS) is 22.4. The first kappa shape index (κ1) is 20.1. The van der Waals surface area contributed by atoms with Gasteiger partial charge in [0.25, 0.3) is 0 Å². The summed E-state index contributed by atoms with van der Waals surface area (Å²) >= 11 is 0. The molecule has 156 valence electrons. The first-order chi connectivity index (χ1) is 13.8. The van der Waals surface area contributed by atoms with Crippen LogP contribution in [0.4, 0.5) is 0 Å². The van der Waals surface area contributed by atoms with Crippen LogP contribution in [0.15, 0.2) is 30.0 Å². The highest BCUT2D eigenvalue weighted by molar-refractivity contribution is 5.76. The number of fused-ring (bicyclic) bond motifs is 3. The standard InChI is InChI=1S/C25H34N2O2/c1-6-7-8-9-17-15-21-23(24(28)22(17)20-12-13-26-27(20)5)18-14-16(2)10-11-19(18)25(3,4)29-21/h12-15,18-19,28H,6-11H2,1-5H3. The summed E-state index contributed by atoms with van der Waals surface area (Å²) in [7, 11) is 1.94. The predicted molar refractivity (Wildman–Crippen MR) is 117 cm³/mol. The fourth-order valence-corrected chi connectivity index (χ4v) is 5.28. The summed E-state index contributed by atoms with van der Waals surface area (Å²) in [5, 5.41) is 16.0. The van der Waals surface area contributed by atoms with Gasteiger partial charge in [0.1, 0.15) is 17.1 Å². The summed E-state index contributed by atoms with van der Waals surface area (Å²) in [6.45, 7) is 8.82. The number of benzene rings is 1. The van der Waals surface area contributed by atoms with Crippen LogP contribution in [0.5, 0.6) is 11.5 Å². The number of allylic oxidation sites excluding steroid dienone is 2. The zero-order valence-corrected chi connectivity index (χ0v) is 18.5. The van der Waals surface area contributed by atoms with Crippen LogP contribution >= 0.6 is 0 Å². The smallest absolute Gasteiger partial charge is 0.132 e. The second-order valence-corrected chi connectivity index (χ2v) is 9.36. The maximum Gasteiger partial charge on any atom is 0.132 e. The van der Waals surface area contributed by atoms with E-state index in [0.717, 1.165) is 53.8 Å². The van der Waals surface area contributed by atoms with E-state index in [1.807, 2.05) is 17.8 Å². The molecule has 4 nitrogen and oxygen atoms in total. The number of unbranched alkanes of at least 4 members (excludes halogenated alkanes) is 2. The molecule has 0 saturated carbocycles. The van der Waals surface area contributed by atoms with Crippen molar-refractivity contribution in [3.8, 4) is 22.8 Å². The molecule has 0 amide bonds. The van der Waals surface area contributed by atoms with Gasteiger partial charge in [-0.25, -0.2) is 0 Å². The van der Waals surface area contributed by atoms with E-state index in [4.69, 9.17) is 4.74 Å². The van der Waals surface area contributed by atoms with Gasteiger partial charge in [-0.3, -0.25) is 4.68 Å². The van der Waals surface area contributed by atoms with Gasteiger partial charge < -0.3 is 9.84 Å². The minimum atomic E-state index is -0.240. The molecule has 2 atom stereocenters.